The Bertz CT molecular complexity index is 581. The molecule has 2 aromatic rings. The van der Waals surface area contributed by atoms with Crippen LogP contribution in [0.4, 0.5) is 4.39 Å². The third kappa shape index (κ3) is 2.92. The summed E-state index contributed by atoms with van der Waals surface area (Å²) in [6, 6.07) is 6.43. The minimum Gasteiger partial charge on any atom is -0.483 e. The predicted molar refractivity (Wildman–Crippen MR) is 77.5 cm³/mol. The van der Waals surface area contributed by atoms with Gasteiger partial charge in [0.1, 0.15) is 11.6 Å². The summed E-state index contributed by atoms with van der Waals surface area (Å²) in [5.41, 5.74) is 1.17. The lowest BCUT2D eigenvalue weighted by molar-refractivity contribution is 0.289. The van der Waals surface area contributed by atoms with Crippen LogP contribution in [0.25, 0.3) is 0 Å². The third-order valence-electron chi connectivity index (χ3n) is 3.07. The maximum absolute atomic E-state index is 13.4. The highest BCUT2D eigenvalue weighted by Gasteiger charge is 2.29. The molecular formula is C14H14FNOS2. The second-order valence-electron chi connectivity index (χ2n) is 4.57. The summed E-state index contributed by atoms with van der Waals surface area (Å²) in [6.07, 6.45) is 2.44. The van der Waals surface area contributed by atoms with Gasteiger partial charge in [0.05, 0.1) is 5.69 Å². The SMILES string of the molecule is Fc1ccccc1OCc1nc(C2CC2)c(CS)s1. The van der Waals surface area contributed by atoms with E-state index in [9.17, 15) is 4.39 Å². The number of thiazole rings is 1. The summed E-state index contributed by atoms with van der Waals surface area (Å²) in [5, 5.41) is 0.897. The van der Waals surface area contributed by atoms with Crippen molar-refractivity contribution < 1.29 is 9.13 Å². The van der Waals surface area contributed by atoms with Crippen molar-refractivity contribution in [2.45, 2.75) is 31.1 Å². The number of hydrogen-bond acceptors (Lipinski definition) is 4. The number of thiol groups is 1. The number of hydrogen-bond donors (Lipinski definition) is 1. The molecular weight excluding hydrogens is 281 g/mol. The minimum atomic E-state index is -0.337. The van der Waals surface area contributed by atoms with E-state index in [-0.39, 0.29) is 11.6 Å². The van der Waals surface area contributed by atoms with Crippen molar-refractivity contribution in [1.82, 2.24) is 4.98 Å². The Morgan fingerprint density at radius 3 is 2.84 bits per heavy atom. The largest absolute Gasteiger partial charge is 0.483 e. The fourth-order valence-corrected chi connectivity index (χ4v) is 3.25. The quantitative estimate of drug-likeness (QED) is 0.836. The van der Waals surface area contributed by atoms with Crippen LogP contribution >= 0.6 is 24.0 Å². The smallest absolute Gasteiger partial charge is 0.165 e. The minimum absolute atomic E-state index is 0.276. The molecule has 1 aromatic heterocycles. The van der Waals surface area contributed by atoms with E-state index < -0.39 is 0 Å². The lowest BCUT2D eigenvalue weighted by atomic mass is 10.3. The van der Waals surface area contributed by atoms with Gasteiger partial charge >= 0.3 is 0 Å². The number of rotatable bonds is 5. The van der Waals surface area contributed by atoms with E-state index in [4.69, 9.17) is 4.74 Å². The Morgan fingerprint density at radius 2 is 2.16 bits per heavy atom. The molecule has 1 aliphatic rings. The molecule has 3 rings (SSSR count). The molecule has 0 spiro atoms. The summed E-state index contributed by atoms with van der Waals surface area (Å²) in [7, 11) is 0. The highest BCUT2D eigenvalue weighted by atomic mass is 32.1. The molecule has 5 heteroatoms. The summed E-state index contributed by atoms with van der Waals surface area (Å²) < 4.78 is 18.9. The number of ether oxygens (including phenoxy) is 1. The zero-order valence-electron chi connectivity index (χ0n) is 10.3. The van der Waals surface area contributed by atoms with Gasteiger partial charge in [-0.1, -0.05) is 12.1 Å². The molecule has 100 valence electrons. The molecule has 1 fully saturated rings. The molecule has 0 saturated heterocycles. The van der Waals surface area contributed by atoms with Gasteiger partial charge in [-0.15, -0.1) is 11.3 Å². The van der Waals surface area contributed by atoms with Crippen LogP contribution in [-0.2, 0) is 12.4 Å². The molecule has 0 bridgehead atoms. The van der Waals surface area contributed by atoms with Crippen LogP contribution in [0.15, 0.2) is 24.3 Å². The van der Waals surface area contributed by atoms with Gasteiger partial charge in [0.2, 0.25) is 0 Å². The Balaban J connectivity index is 1.71. The highest BCUT2D eigenvalue weighted by Crippen LogP contribution is 2.43. The molecule has 0 N–H and O–H groups in total. The molecule has 19 heavy (non-hydrogen) atoms. The van der Waals surface area contributed by atoms with Gasteiger partial charge in [0, 0.05) is 16.5 Å². The van der Waals surface area contributed by atoms with E-state index in [2.05, 4.69) is 17.6 Å². The predicted octanol–water partition coefficient (Wildman–Crippen LogP) is 4.17. The Labute approximate surface area is 121 Å². The number of nitrogens with zero attached hydrogens (tertiary/aromatic N) is 1. The first-order chi connectivity index (χ1) is 9.28. The summed E-state index contributed by atoms with van der Waals surface area (Å²) in [5.74, 6) is 1.26. The molecule has 0 atom stereocenters. The van der Waals surface area contributed by atoms with Gasteiger partial charge < -0.3 is 4.74 Å². The molecule has 1 aromatic carbocycles. The van der Waals surface area contributed by atoms with Gasteiger partial charge in [-0.3, -0.25) is 0 Å². The van der Waals surface area contributed by atoms with E-state index >= 15 is 0 Å². The Hall–Kier alpha value is -1.07. The van der Waals surface area contributed by atoms with Crippen molar-refractivity contribution in [3.05, 3.63) is 45.7 Å². The Morgan fingerprint density at radius 1 is 1.37 bits per heavy atom. The number of aromatic nitrogens is 1. The van der Waals surface area contributed by atoms with Crippen molar-refractivity contribution in [3.63, 3.8) is 0 Å². The van der Waals surface area contributed by atoms with Crippen molar-refractivity contribution in [3.8, 4) is 5.75 Å². The van der Waals surface area contributed by atoms with Gasteiger partial charge in [-0.05, 0) is 25.0 Å². The second kappa shape index (κ2) is 5.51. The second-order valence-corrected chi connectivity index (χ2v) is 6.05. The number of halogens is 1. The van der Waals surface area contributed by atoms with E-state index in [0.717, 1.165) is 5.01 Å². The molecule has 1 aliphatic carbocycles. The van der Waals surface area contributed by atoms with Crippen LogP contribution in [0.1, 0.15) is 34.3 Å². The molecule has 2 nitrogen and oxygen atoms in total. The zero-order chi connectivity index (χ0) is 13.2. The first-order valence-corrected chi connectivity index (χ1v) is 7.69. The summed E-state index contributed by atoms with van der Waals surface area (Å²) in [6.45, 7) is 0.319. The first-order valence-electron chi connectivity index (χ1n) is 6.24. The van der Waals surface area contributed by atoms with E-state index in [1.165, 1.54) is 29.5 Å². The monoisotopic (exact) mass is 295 g/mol. The van der Waals surface area contributed by atoms with Crippen LogP contribution < -0.4 is 4.74 Å². The van der Waals surface area contributed by atoms with Crippen LogP contribution in [-0.4, -0.2) is 4.98 Å². The van der Waals surface area contributed by atoms with Crippen LogP contribution in [0.5, 0.6) is 5.75 Å². The normalized spacial score (nSPS) is 14.6. The van der Waals surface area contributed by atoms with E-state index in [1.807, 2.05) is 0 Å². The van der Waals surface area contributed by atoms with Crippen LogP contribution in [0.3, 0.4) is 0 Å². The van der Waals surface area contributed by atoms with Gasteiger partial charge in [-0.25, -0.2) is 9.37 Å². The maximum Gasteiger partial charge on any atom is 0.165 e. The van der Waals surface area contributed by atoms with Gasteiger partial charge in [0.15, 0.2) is 11.6 Å². The Kier molecular flexibility index (Phi) is 3.75. The third-order valence-corrected chi connectivity index (χ3v) is 4.64. The fraction of sp³-hybridized carbons (Fsp3) is 0.357. The average Bonchev–Trinajstić information content (AvgIpc) is 3.18. The molecule has 0 radical (unpaired) electrons. The highest BCUT2D eigenvalue weighted by molar-refractivity contribution is 7.79. The molecule has 0 unspecified atom stereocenters. The van der Waals surface area contributed by atoms with Gasteiger partial charge in [0.25, 0.3) is 0 Å². The van der Waals surface area contributed by atoms with Crippen LogP contribution in [0, 0.1) is 5.82 Å². The molecule has 0 aliphatic heterocycles. The van der Waals surface area contributed by atoms with E-state index in [1.54, 1.807) is 29.5 Å². The molecule has 0 amide bonds. The fourth-order valence-electron chi connectivity index (χ4n) is 1.97. The lowest BCUT2D eigenvalue weighted by Gasteiger charge is -2.04. The lowest BCUT2D eigenvalue weighted by Crippen LogP contribution is -1.97. The van der Waals surface area contributed by atoms with Gasteiger partial charge in [-0.2, -0.15) is 12.6 Å². The van der Waals surface area contributed by atoms with Crippen molar-refractivity contribution >= 4 is 24.0 Å². The maximum atomic E-state index is 13.4. The molecule has 1 heterocycles. The molecule has 1 saturated carbocycles. The number of para-hydroxylation sites is 1. The summed E-state index contributed by atoms with van der Waals surface area (Å²) >= 11 is 5.96. The summed E-state index contributed by atoms with van der Waals surface area (Å²) in [4.78, 5) is 5.83. The standard InChI is InChI=1S/C14H14FNOS2/c15-10-3-1-2-4-11(10)17-7-13-16-14(9-5-6-9)12(8-18)19-13/h1-4,9,18H,5-8H2. The topological polar surface area (TPSA) is 22.1 Å². The van der Waals surface area contributed by atoms with Crippen molar-refractivity contribution in [2.24, 2.45) is 0 Å². The first kappa shape index (κ1) is 12.9. The van der Waals surface area contributed by atoms with E-state index in [0.29, 0.717) is 18.3 Å². The van der Waals surface area contributed by atoms with Crippen LogP contribution in [0.2, 0.25) is 0 Å². The average molecular weight is 295 g/mol. The van der Waals surface area contributed by atoms with Crippen molar-refractivity contribution in [2.75, 3.05) is 0 Å². The zero-order valence-corrected chi connectivity index (χ0v) is 12.0. The van der Waals surface area contributed by atoms with Crippen molar-refractivity contribution in [1.29, 1.82) is 0 Å². The number of benzene rings is 1.